The average Bonchev–Trinajstić information content (AvgIpc) is 2.98. The van der Waals surface area contributed by atoms with E-state index in [2.05, 4.69) is 31.7 Å². The minimum absolute atomic E-state index is 0.202. The second-order valence-corrected chi connectivity index (χ2v) is 9.43. The van der Waals surface area contributed by atoms with Crippen molar-refractivity contribution in [2.75, 3.05) is 18.0 Å². The summed E-state index contributed by atoms with van der Waals surface area (Å²) in [7, 11) is 0. The molecular formula is C27H32N2O2. The lowest BCUT2D eigenvalue weighted by atomic mass is 9.95. The van der Waals surface area contributed by atoms with Gasteiger partial charge in [-0.05, 0) is 67.3 Å². The Kier molecular flexibility index (Phi) is 5.74. The summed E-state index contributed by atoms with van der Waals surface area (Å²) in [5.41, 5.74) is 5.97. The molecule has 0 radical (unpaired) electrons. The predicted octanol–water partition coefficient (Wildman–Crippen LogP) is 5.44. The Balaban J connectivity index is 1.82. The van der Waals surface area contributed by atoms with Crippen LogP contribution in [0.5, 0.6) is 0 Å². The van der Waals surface area contributed by atoms with Crippen molar-refractivity contribution in [3.05, 3.63) is 70.4 Å². The van der Waals surface area contributed by atoms with Crippen LogP contribution in [0, 0.1) is 19.8 Å². The maximum atomic E-state index is 13.7. The largest absolute Gasteiger partial charge is 0.366 e. The molecule has 0 spiro atoms. The lowest BCUT2D eigenvalue weighted by Gasteiger charge is -2.33. The van der Waals surface area contributed by atoms with Crippen molar-refractivity contribution in [3.63, 3.8) is 0 Å². The first-order valence-electron chi connectivity index (χ1n) is 11.3. The van der Waals surface area contributed by atoms with Crippen LogP contribution in [0.3, 0.4) is 0 Å². The molecule has 0 bridgehead atoms. The molecule has 0 aromatic heterocycles. The van der Waals surface area contributed by atoms with Gasteiger partial charge in [-0.3, -0.25) is 9.59 Å². The number of rotatable bonds is 4. The van der Waals surface area contributed by atoms with Gasteiger partial charge in [0, 0.05) is 13.1 Å². The molecule has 1 unspecified atom stereocenters. The van der Waals surface area contributed by atoms with Crippen LogP contribution in [-0.2, 0) is 9.59 Å². The number of hydrogen-bond donors (Lipinski definition) is 0. The van der Waals surface area contributed by atoms with E-state index in [9.17, 15) is 9.59 Å². The molecule has 0 aliphatic carbocycles. The Morgan fingerprint density at radius 1 is 0.968 bits per heavy atom. The van der Waals surface area contributed by atoms with Crippen molar-refractivity contribution in [2.45, 2.75) is 53.4 Å². The van der Waals surface area contributed by atoms with Crippen molar-refractivity contribution in [2.24, 2.45) is 5.92 Å². The molecule has 4 rings (SSSR count). The van der Waals surface area contributed by atoms with Crippen LogP contribution in [0.15, 0.2) is 48.2 Å². The van der Waals surface area contributed by atoms with E-state index in [-0.39, 0.29) is 11.8 Å². The third-order valence-electron chi connectivity index (χ3n) is 6.50. The third kappa shape index (κ3) is 3.91. The Morgan fingerprint density at radius 2 is 1.68 bits per heavy atom. The van der Waals surface area contributed by atoms with Crippen molar-refractivity contribution >= 4 is 23.1 Å². The molecule has 2 heterocycles. The molecule has 4 heteroatoms. The van der Waals surface area contributed by atoms with E-state index in [1.807, 2.05) is 50.2 Å². The molecule has 162 valence electrons. The molecule has 2 amide bonds. The fourth-order valence-electron chi connectivity index (χ4n) is 4.78. The summed E-state index contributed by atoms with van der Waals surface area (Å²) >= 11 is 0. The molecular weight excluding hydrogens is 384 g/mol. The SMILES string of the molecule is Cc1ccc(C2=C(N3CCCC(C)C3)C(=O)N(c3ccc(C(C)C)cc3)C2=O)c(C)c1. The summed E-state index contributed by atoms with van der Waals surface area (Å²) in [4.78, 5) is 30.9. The van der Waals surface area contributed by atoms with E-state index in [1.165, 1.54) is 10.5 Å². The second-order valence-electron chi connectivity index (χ2n) is 9.43. The summed E-state index contributed by atoms with van der Waals surface area (Å²) in [6.45, 7) is 12.2. The van der Waals surface area contributed by atoms with Crippen LogP contribution in [-0.4, -0.2) is 29.8 Å². The topological polar surface area (TPSA) is 40.6 Å². The van der Waals surface area contributed by atoms with Crippen LogP contribution in [0.25, 0.3) is 5.57 Å². The zero-order valence-corrected chi connectivity index (χ0v) is 19.2. The van der Waals surface area contributed by atoms with Crippen LogP contribution >= 0.6 is 0 Å². The van der Waals surface area contributed by atoms with Gasteiger partial charge in [-0.25, -0.2) is 4.90 Å². The monoisotopic (exact) mass is 416 g/mol. The molecule has 0 N–H and O–H groups in total. The van der Waals surface area contributed by atoms with Crippen LogP contribution in [0.4, 0.5) is 5.69 Å². The molecule has 1 atom stereocenters. The van der Waals surface area contributed by atoms with E-state index >= 15 is 0 Å². The molecule has 31 heavy (non-hydrogen) atoms. The van der Waals surface area contributed by atoms with Crippen LogP contribution in [0.1, 0.15) is 61.8 Å². The smallest absolute Gasteiger partial charge is 0.282 e. The van der Waals surface area contributed by atoms with Crippen molar-refractivity contribution < 1.29 is 9.59 Å². The third-order valence-corrected chi connectivity index (χ3v) is 6.50. The van der Waals surface area contributed by atoms with Crippen molar-refractivity contribution in [3.8, 4) is 0 Å². The minimum Gasteiger partial charge on any atom is -0.366 e. The molecule has 1 saturated heterocycles. The highest BCUT2D eigenvalue weighted by molar-refractivity contribution is 6.45. The zero-order valence-electron chi connectivity index (χ0n) is 19.2. The number of piperidine rings is 1. The lowest BCUT2D eigenvalue weighted by Crippen LogP contribution is -2.39. The molecule has 2 aliphatic heterocycles. The number of carbonyl (C=O) groups excluding carboxylic acids is 2. The number of nitrogens with zero attached hydrogens (tertiary/aromatic N) is 2. The highest BCUT2D eigenvalue weighted by atomic mass is 16.2. The number of likely N-dealkylation sites (tertiary alicyclic amines) is 1. The van der Waals surface area contributed by atoms with Crippen LogP contribution < -0.4 is 4.90 Å². The predicted molar refractivity (Wildman–Crippen MR) is 126 cm³/mol. The van der Waals surface area contributed by atoms with Crippen molar-refractivity contribution in [1.82, 2.24) is 4.90 Å². The first kappa shape index (κ1) is 21.4. The van der Waals surface area contributed by atoms with Gasteiger partial charge in [-0.1, -0.05) is 56.7 Å². The van der Waals surface area contributed by atoms with E-state index in [0.29, 0.717) is 28.8 Å². The maximum Gasteiger partial charge on any atom is 0.282 e. The van der Waals surface area contributed by atoms with Gasteiger partial charge in [-0.15, -0.1) is 0 Å². The number of hydrogen-bond acceptors (Lipinski definition) is 3. The number of benzene rings is 2. The number of carbonyl (C=O) groups is 2. The maximum absolute atomic E-state index is 13.7. The van der Waals surface area contributed by atoms with Crippen molar-refractivity contribution in [1.29, 1.82) is 0 Å². The van der Waals surface area contributed by atoms with Gasteiger partial charge < -0.3 is 4.90 Å². The summed E-state index contributed by atoms with van der Waals surface area (Å²) in [6, 6.07) is 13.9. The van der Waals surface area contributed by atoms with E-state index in [4.69, 9.17) is 0 Å². The fraction of sp³-hybridized carbons (Fsp3) is 0.407. The first-order valence-corrected chi connectivity index (χ1v) is 11.3. The average molecular weight is 417 g/mol. The number of aryl methyl sites for hydroxylation is 2. The van der Waals surface area contributed by atoms with E-state index in [0.717, 1.165) is 42.6 Å². The Labute approximate surface area is 185 Å². The van der Waals surface area contributed by atoms with Gasteiger partial charge in [0.25, 0.3) is 11.8 Å². The highest BCUT2D eigenvalue weighted by Gasteiger charge is 2.43. The minimum atomic E-state index is -0.220. The molecule has 2 aromatic carbocycles. The molecule has 2 aromatic rings. The summed E-state index contributed by atoms with van der Waals surface area (Å²) in [5, 5.41) is 0. The van der Waals surface area contributed by atoms with Gasteiger partial charge in [0.05, 0.1) is 11.3 Å². The zero-order chi connectivity index (χ0) is 22.3. The van der Waals surface area contributed by atoms with Gasteiger partial charge in [0.2, 0.25) is 0 Å². The molecule has 1 fully saturated rings. The Morgan fingerprint density at radius 3 is 2.29 bits per heavy atom. The second kappa shape index (κ2) is 8.33. The normalized spacial score (nSPS) is 19.7. The van der Waals surface area contributed by atoms with Gasteiger partial charge in [0.15, 0.2) is 0 Å². The summed E-state index contributed by atoms with van der Waals surface area (Å²) < 4.78 is 0. The summed E-state index contributed by atoms with van der Waals surface area (Å²) in [6.07, 6.45) is 2.20. The quantitative estimate of drug-likeness (QED) is 0.623. The van der Waals surface area contributed by atoms with Gasteiger partial charge >= 0.3 is 0 Å². The standard InChI is InChI=1S/C27H32N2O2/c1-17(2)21-9-11-22(12-10-21)29-26(30)24(23-13-8-18(3)15-20(23)5)25(27(29)31)28-14-6-7-19(4)16-28/h8-13,15,17,19H,6-7,14,16H2,1-5H3. The number of anilines is 1. The molecule has 0 saturated carbocycles. The molecule has 2 aliphatic rings. The fourth-order valence-corrected chi connectivity index (χ4v) is 4.78. The Hall–Kier alpha value is -2.88. The lowest BCUT2D eigenvalue weighted by molar-refractivity contribution is -0.120. The highest BCUT2D eigenvalue weighted by Crippen LogP contribution is 2.38. The van der Waals surface area contributed by atoms with E-state index in [1.54, 1.807) is 0 Å². The number of imide groups is 1. The van der Waals surface area contributed by atoms with Crippen LogP contribution in [0.2, 0.25) is 0 Å². The Bertz CT molecular complexity index is 1050. The summed E-state index contributed by atoms with van der Waals surface area (Å²) in [5.74, 6) is 0.478. The first-order chi connectivity index (χ1) is 14.8. The van der Waals surface area contributed by atoms with E-state index < -0.39 is 0 Å². The molecule has 4 nitrogen and oxygen atoms in total. The number of amides is 2. The van der Waals surface area contributed by atoms with Gasteiger partial charge in [0.1, 0.15) is 5.70 Å². The van der Waals surface area contributed by atoms with Gasteiger partial charge in [-0.2, -0.15) is 0 Å².